The van der Waals surface area contributed by atoms with Crippen molar-refractivity contribution in [3.05, 3.63) is 65.2 Å². The van der Waals surface area contributed by atoms with Crippen molar-refractivity contribution in [1.29, 1.82) is 0 Å². The molecule has 0 aliphatic rings. The van der Waals surface area contributed by atoms with Crippen molar-refractivity contribution < 1.29 is 5.11 Å². The topological polar surface area (TPSA) is 59.1 Å². The van der Waals surface area contributed by atoms with Gasteiger partial charge >= 0.3 is 0 Å². The molecule has 0 fully saturated rings. The van der Waals surface area contributed by atoms with Gasteiger partial charge in [0.25, 0.3) is 0 Å². The van der Waals surface area contributed by atoms with Crippen LogP contribution in [0.2, 0.25) is 5.02 Å². The summed E-state index contributed by atoms with van der Waals surface area (Å²) < 4.78 is 0. The molecule has 0 aliphatic heterocycles. The van der Waals surface area contributed by atoms with E-state index in [0.29, 0.717) is 5.02 Å². The summed E-state index contributed by atoms with van der Waals surface area (Å²) in [5.74, 6) is 0. The summed E-state index contributed by atoms with van der Waals surface area (Å²) in [4.78, 5) is 4.74. The van der Waals surface area contributed by atoms with Crippen LogP contribution in [0.25, 0.3) is 22.2 Å². The first-order chi connectivity index (χ1) is 11.2. The number of nitrogens with zero attached hydrogens (tertiary/aromatic N) is 1. The number of halogens is 1. The summed E-state index contributed by atoms with van der Waals surface area (Å²) in [6.07, 6.45) is 1.50. The highest BCUT2D eigenvalue weighted by Crippen LogP contribution is 2.29. The van der Waals surface area contributed by atoms with Crippen molar-refractivity contribution in [2.75, 3.05) is 6.61 Å². The average Bonchev–Trinajstić information content (AvgIpc) is 2.60. The molecule has 0 amide bonds. The molecule has 1 unspecified atom stereocenters. The summed E-state index contributed by atoms with van der Waals surface area (Å²) >= 11 is 6.35. The summed E-state index contributed by atoms with van der Waals surface area (Å²) in [5, 5.41) is 10.8. The third kappa shape index (κ3) is 3.53. The number of para-hydroxylation sites is 1. The molecule has 3 nitrogen and oxygen atoms in total. The van der Waals surface area contributed by atoms with Crippen LogP contribution in [-0.2, 0) is 6.42 Å². The van der Waals surface area contributed by atoms with Gasteiger partial charge in [-0.25, -0.2) is 4.98 Å². The van der Waals surface area contributed by atoms with Gasteiger partial charge in [0, 0.05) is 17.0 Å². The maximum absolute atomic E-state index is 9.14. The summed E-state index contributed by atoms with van der Waals surface area (Å²) in [5.41, 5.74) is 9.77. The van der Waals surface area contributed by atoms with Gasteiger partial charge in [-0.15, -0.1) is 0 Å². The zero-order valence-electron chi connectivity index (χ0n) is 12.7. The first-order valence-corrected chi connectivity index (χ1v) is 8.07. The van der Waals surface area contributed by atoms with Crippen LogP contribution in [0, 0.1) is 0 Å². The van der Waals surface area contributed by atoms with Crippen molar-refractivity contribution in [2.45, 2.75) is 18.9 Å². The minimum absolute atomic E-state index is 0.00465. The van der Waals surface area contributed by atoms with Gasteiger partial charge in [-0.2, -0.15) is 0 Å². The van der Waals surface area contributed by atoms with E-state index in [2.05, 4.69) is 6.07 Å². The number of aliphatic hydroxyl groups excluding tert-OH is 1. The minimum Gasteiger partial charge on any atom is -0.395 e. The van der Waals surface area contributed by atoms with Gasteiger partial charge in [-0.1, -0.05) is 54.1 Å². The fourth-order valence-electron chi connectivity index (χ4n) is 2.68. The minimum atomic E-state index is -0.211. The van der Waals surface area contributed by atoms with Crippen LogP contribution in [0.3, 0.4) is 0 Å². The van der Waals surface area contributed by atoms with Crippen LogP contribution in [-0.4, -0.2) is 22.7 Å². The van der Waals surface area contributed by atoms with E-state index in [1.54, 1.807) is 0 Å². The van der Waals surface area contributed by atoms with Crippen LogP contribution < -0.4 is 5.73 Å². The Morgan fingerprint density at radius 3 is 2.61 bits per heavy atom. The number of nitrogens with two attached hydrogens (primary N) is 1. The second-order valence-electron chi connectivity index (χ2n) is 5.65. The van der Waals surface area contributed by atoms with E-state index in [9.17, 15) is 0 Å². The van der Waals surface area contributed by atoms with E-state index in [-0.39, 0.29) is 12.6 Å². The molecule has 4 heteroatoms. The highest BCUT2D eigenvalue weighted by atomic mass is 35.5. The lowest BCUT2D eigenvalue weighted by Gasteiger charge is -2.13. The first-order valence-electron chi connectivity index (χ1n) is 7.69. The van der Waals surface area contributed by atoms with E-state index >= 15 is 0 Å². The molecule has 3 N–H and O–H groups in total. The Labute approximate surface area is 140 Å². The molecule has 0 aliphatic carbocycles. The van der Waals surface area contributed by atoms with E-state index in [1.165, 1.54) is 0 Å². The predicted molar refractivity (Wildman–Crippen MR) is 95.6 cm³/mol. The van der Waals surface area contributed by atoms with Gasteiger partial charge in [-0.3, -0.25) is 0 Å². The average molecular weight is 327 g/mol. The maximum Gasteiger partial charge on any atom is 0.0898 e. The van der Waals surface area contributed by atoms with Gasteiger partial charge in [-0.05, 0) is 30.5 Å². The van der Waals surface area contributed by atoms with Crippen LogP contribution in [0.1, 0.15) is 12.0 Å². The fourth-order valence-corrected chi connectivity index (χ4v) is 2.90. The van der Waals surface area contributed by atoms with E-state index < -0.39 is 0 Å². The lowest BCUT2D eigenvalue weighted by Crippen LogP contribution is -2.24. The van der Waals surface area contributed by atoms with Crippen molar-refractivity contribution in [2.24, 2.45) is 5.73 Å². The van der Waals surface area contributed by atoms with Crippen molar-refractivity contribution >= 4 is 22.5 Å². The van der Waals surface area contributed by atoms with Crippen LogP contribution in [0.4, 0.5) is 0 Å². The molecule has 1 heterocycles. The number of aliphatic hydroxyl groups is 1. The molecule has 23 heavy (non-hydrogen) atoms. The van der Waals surface area contributed by atoms with E-state index in [4.69, 9.17) is 27.4 Å². The van der Waals surface area contributed by atoms with Gasteiger partial charge < -0.3 is 10.8 Å². The number of aromatic nitrogens is 1. The largest absolute Gasteiger partial charge is 0.395 e. The molecule has 2 aromatic carbocycles. The van der Waals surface area contributed by atoms with Gasteiger partial charge in [0.1, 0.15) is 0 Å². The van der Waals surface area contributed by atoms with E-state index in [0.717, 1.165) is 40.6 Å². The molecule has 1 aromatic heterocycles. The molecular formula is C19H19ClN2O. The monoisotopic (exact) mass is 326 g/mol. The van der Waals surface area contributed by atoms with Crippen molar-refractivity contribution in [3.63, 3.8) is 0 Å². The Kier molecular flexibility index (Phi) is 4.91. The number of pyridine rings is 1. The Balaban J connectivity index is 2.10. The van der Waals surface area contributed by atoms with Crippen LogP contribution >= 0.6 is 11.6 Å². The Bertz CT molecular complexity index is 805. The quantitative estimate of drug-likeness (QED) is 0.749. The van der Waals surface area contributed by atoms with Gasteiger partial charge in [0.2, 0.25) is 0 Å². The Morgan fingerprint density at radius 1 is 1.09 bits per heavy atom. The molecule has 3 rings (SSSR count). The second-order valence-corrected chi connectivity index (χ2v) is 6.06. The highest BCUT2D eigenvalue weighted by molar-refractivity contribution is 6.35. The number of benzene rings is 2. The fraction of sp³-hybridized carbons (Fsp3) is 0.211. The molecule has 0 bridgehead atoms. The summed E-state index contributed by atoms with van der Waals surface area (Å²) in [6.45, 7) is -0.00465. The SMILES string of the molecule is NC(CO)CCc1cc(-c2ccccc2)nc2c(Cl)cccc12. The molecule has 118 valence electrons. The molecule has 0 spiro atoms. The third-order valence-corrected chi connectivity index (χ3v) is 4.27. The first kappa shape index (κ1) is 15.9. The zero-order chi connectivity index (χ0) is 16.2. The number of aryl methyl sites for hydroxylation is 1. The smallest absolute Gasteiger partial charge is 0.0898 e. The van der Waals surface area contributed by atoms with Gasteiger partial charge in [0.05, 0.1) is 22.8 Å². The number of hydrogen-bond acceptors (Lipinski definition) is 3. The summed E-state index contributed by atoms with van der Waals surface area (Å²) in [6, 6.07) is 17.8. The normalized spacial score (nSPS) is 12.5. The van der Waals surface area contributed by atoms with Crippen LogP contribution in [0.5, 0.6) is 0 Å². The van der Waals surface area contributed by atoms with E-state index in [1.807, 2.05) is 48.5 Å². The Hall–Kier alpha value is -1.94. The maximum atomic E-state index is 9.14. The lowest BCUT2D eigenvalue weighted by atomic mass is 9.99. The molecule has 0 saturated heterocycles. The van der Waals surface area contributed by atoms with Gasteiger partial charge in [0.15, 0.2) is 0 Å². The Morgan fingerprint density at radius 2 is 1.87 bits per heavy atom. The molecule has 0 saturated carbocycles. The predicted octanol–water partition coefficient (Wildman–Crippen LogP) is 3.81. The molecule has 3 aromatic rings. The van der Waals surface area contributed by atoms with Crippen molar-refractivity contribution in [3.8, 4) is 11.3 Å². The lowest BCUT2D eigenvalue weighted by molar-refractivity contribution is 0.260. The molecule has 0 radical (unpaired) electrons. The second kappa shape index (κ2) is 7.09. The number of hydrogen-bond donors (Lipinski definition) is 2. The number of fused-ring (bicyclic) bond motifs is 1. The van der Waals surface area contributed by atoms with Crippen molar-refractivity contribution in [1.82, 2.24) is 4.98 Å². The highest BCUT2D eigenvalue weighted by Gasteiger charge is 2.11. The third-order valence-electron chi connectivity index (χ3n) is 3.96. The molecular weight excluding hydrogens is 308 g/mol. The summed E-state index contributed by atoms with van der Waals surface area (Å²) in [7, 11) is 0. The number of rotatable bonds is 5. The zero-order valence-corrected chi connectivity index (χ0v) is 13.5. The standard InChI is InChI=1S/C19H19ClN2O/c20-17-8-4-7-16-14(9-10-15(21)12-23)11-18(22-19(16)17)13-5-2-1-3-6-13/h1-8,11,15,23H,9-10,12,21H2. The molecule has 1 atom stereocenters. The van der Waals surface area contributed by atoms with Crippen LogP contribution in [0.15, 0.2) is 54.6 Å².